The Morgan fingerprint density at radius 3 is 2.57 bits per heavy atom. The van der Waals surface area contributed by atoms with Crippen molar-refractivity contribution in [2.75, 3.05) is 26.2 Å². The van der Waals surface area contributed by atoms with Crippen molar-refractivity contribution < 1.29 is 4.90 Å². The highest BCUT2D eigenvalue weighted by molar-refractivity contribution is 7.80. The van der Waals surface area contributed by atoms with Gasteiger partial charge in [0.1, 0.15) is 6.54 Å². The molecule has 1 aliphatic heterocycles. The first kappa shape index (κ1) is 15.4. The summed E-state index contributed by atoms with van der Waals surface area (Å²) in [6.07, 6.45) is 5.66. The Morgan fingerprint density at radius 1 is 1.13 bits per heavy atom. The molecule has 2 saturated carbocycles. The van der Waals surface area contributed by atoms with Gasteiger partial charge in [0, 0.05) is 11.6 Å². The standard InChI is InChI=1S/C19H27N3S/c23-19(20-18-13-16-6-7-17(18)12-16)22-10-8-21(9-11-22)14-15-4-2-1-3-5-15/h1-5,16-18H,6-14H2,(H,20,23)/p+1/t16-,17+,18-/m0/s1. The van der Waals surface area contributed by atoms with Crippen molar-refractivity contribution in [3.8, 4) is 0 Å². The fourth-order valence-corrected chi connectivity index (χ4v) is 5.09. The Balaban J connectivity index is 1.24. The van der Waals surface area contributed by atoms with Crippen molar-refractivity contribution in [3.05, 3.63) is 35.9 Å². The molecule has 1 heterocycles. The number of rotatable bonds is 3. The van der Waals surface area contributed by atoms with Crippen LogP contribution in [0.2, 0.25) is 0 Å². The monoisotopic (exact) mass is 330 g/mol. The number of nitrogens with one attached hydrogen (secondary N) is 2. The van der Waals surface area contributed by atoms with Crippen molar-refractivity contribution in [1.29, 1.82) is 0 Å². The Hall–Kier alpha value is -1.13. The van der Waals surface area contributed by atoms with E-state index in [-0.39, 0.29) is 0 Å². The van der Waals surface area contributed by atoms with Crippen LogP contribution in [0.3, 0.4) is 0 Å². The second kappa shape index (κ2) is 6.78. The van der Waals surface area contributed by atoms with Crippen molar-refractivity contribution in [2.24, 2.45) is 11.8 Å². The second-order valence-corrected chi connectivity index (χ2v) is 8.02. The summed E-state index contributed by atoms with van der Waals surface area (Å²) >= 11 is 5.70. The molecule has 0 radical (unpaired) electrons. The maximum Gasteiger partial charge on any atom is 0.169 e. The van der Waals surface area contributed by atoms with Gasteiger partial charge in [0.15, 0.2) is 5.11 Å². The molecule has 1 saturated heterocycles. The summed E-state index contributed by atoms with van der Waals surface area (Å²) in [6.45, 7) is 5.70. The average Bonchev–Trinajstić information content (AvgIpc) is 3.19. The number of fused-ring (bicyclic) bond motifs is 2. The molecule has 2 aliphatic carbocycles. The Labute approximate surface area is 145 Å². The van der Waals surface area contributed by atoms with E-state index in [9.17, 15) is 0 Å². The van der Waals surface area contributed by atoms with Gasteiger partial charge in [-0.1, -0.05) is 36.8 Å². The lowest BCUT2D eigenvalue weighted by molar-refractivity contribution is -0.917. The number of piperazine rings is 1. The molecule has 0 spiro atoms. The number of hydrogen-bond acceptors (Lipinski definition) is 1. The van der Waals surface area contributed by atoms with Gasteiger partial charge in [0.05, 0.1) is 26.2 Å². The zero-order valence-electron chi connectivity index (χ0n) is 13.8. The largest absolute Gasteiger partial charge is 0.360 e. The first-order valence-electron chi connectivity index (χ1n) is 9.21. The SMILES string of the molecule is S=C(N[C@H]1C[C@H]2CC[C@@H]1C2)N1CC[NH+](Cc2ccccc2)CC1. The van der Waals surface area contributed by atoms with Gasteiger partial charge in [-0.15, -0.1) is 0 Å². The molecular weight excluding hydrogens is 302 g/mol. The number of hydrogen-bond donors (Lipinski definition) is 2. The lowest BCUT2D eigenvalue weighted by Gasteiger charge is -2.36. The molecule has 3 fully saturated rings. The topological polar surface area (TPSA) is 19.7 Å². The van der Waals surface area contributed by atoms with E-state index in [0.29, 0.717) is 6.04 Å². The van der Waals surface area contributed by atoms with Crippen LogP contribution in [0, 0.1) is 11.8 Å². The molecule has 3 nitrogen and oxygen atoms in total. The van der Waals surface area contributed by atoms with Crippen LogP contribution in [0.4, 0.5) is 0 Å². The van der Waals surface area contributed by atoms with Gasteiger partial charge in [-0.25, -0.2) is 0 Å². The molecule has 1 aromatic rings. The summed E-state index contributed by atoms with van der Waals surface area (Å²) in [5.74, 6) is 1.87. The third-order valence-electron chi connectivity index (χ3n) is 6.10. The van der Waals surface area contributed by atoms with Crippen LogP contribution in [0.25, 0.3) is 0 Å². The minimum Gasteiger partial charge on any atom is -0.360 e. The highest BCUT2D eigenvalue weighted by atomic mass is 32.1. The molecule has 23 heavy (non-hydrogen) atoms. The predicted molar refractivity (Wildman–Crippen MR) is 97.4 cm³/mol. The number of thiocarbonyl (C=S) groups is 1. The minimum absolute atomic E-state index is 0.663. The van der Waals surface area contributed by atoms with Crippen LogP contribution in [0.5, 0.6) is 0 Å². The lowest BCUT2D eigenvalue weighted by Crippen LogP contribution is -3.13. The second-order valence-electron chi connectivity index (χ2n) is 7.63. The lowest BCUT2D eigenvalue weighted by atomic mass is 9.95. The smallest absolute Gasteiger partial charge is 0.169 e. The van der Waals surface area contributed by atoms with Crippen molar-refractivity contribution in [2.45, 2.75) is 38.3 Å². The molecule has 4 heteroatoms. The van der Waals surface area contributed by atoms with Crippen LogP contribution in [-0.4, -0.2) is 42.2 Å². The Bertz CT molecular complexity index is 539. The maximum absolute atomic E-state index is 5.70. The van der Waals surface area contributed by atoms with E-state index >= 15 is 0 Å². The highest BCUT2D eigenvalue weighted by Crippen LogP contribution is 2.44. The molecule has 0 unspecified atom stereocenters. The van der Waals surface area contributed by atoms with Gasteiger partial charge >= 0.3 is 0 Å². The van der Waals surface area contributed by atoms with Gasteiger partial charge < -0.3 is 15.1 Å². The summed E-state index contributed by atoms with van der Waals surface area (Å²) in [6, 6.07) is 11.5. The van der Waals surface area contributed by atoms with Gasteiger partial charge in [-0.05, 0) is 43.3 Å². The molecule has 124 valence electrons. The van der Waals surface area contributed by atoms with Crippen LogP contribution < -0.4 is 10.2 Å². The first-order valence-corrected chi connectivity index (χ1v) is 9.61. The van der Waals surface area contributed by atoms with E-state index in [4.69, 9.17) is 12.2 Å². The molecular formula is C19H28N3S+. The van der Waals surface area contributed by atoms with E-state index in [1.54, 1.807) is 4.90 Å². The van der Waals surface area contributed by atoms with Crippen molar-refractivity contribution in [1.82, 2.24) is 10.2 Å². The van der Waals surface area contributed by atoms with E-state index in [1.807, 2.05) is 0 Å². The Morgan fingerprint density at radius 2 is 1.91 bits per heavy atom. The summed E-state index contributed by atoms with van der Waals surface area (Å²) in [5, 5.41) is 4.71. The average molecular weight is 331 g/mol. The van der Waals surface area contributed by atoms with Crippen LogP contribution in [-0.2, 0) is 6.54 Å². The van der Waals surface area contributed by atoms with Crippen LogP contribution in [0.15, 0.2) is 30.3 Å². The maximum atomic E-state index is 5.70. The quantitative estimate of drug-likeness (QED) is 0.819. The molecule has 3 atom stereocenters. The summed E-state index contributed by atoms with van der Waals surface area (Å²) in [5.41, 5.74) is 1.44. The van der Waals surface area contributed by atoms with Gasteiger partial charge in [-0.2, -0.15) is 0 Å². The van der Waals surface area contributed by atoms with E-state index in [2.05, 4.69) is 40.5 Å². The normalized spacial score (nSPS) is 30.6. The van der Waals surface area contributed by atoms with Crippen molar-refractivity contribution >= 4 is 17.3 Å². The summed E-state index contributed by atoms with van der Waals surface area (Å²) in [7, 11) is 0. The van der Waals surface area contributed by atoms with Crippen molar-refractivity contribution in [3.63, 3.8) is 0 Å². The van der Waals surface area contributed by atoms with Crippen LogP contribution in [0.1, 0.15) is 31.2 Å². The van der Waals surface area contributed by atoms with Crippen LogP contribution >= 0.6 is 12.2 Å². The fourth-order valence-electron chi connectivity index (χ4n) is 4.76. The summed E-state index contributed by atoms with van der Waals surface area (Å²) in [4.78, 5) is 4.07. The Kier molecular flexibility index (Phi) is 4.54. The third-order valence-corrected chi connectivity index (χ3v) is 6.48. The molecule has 2 bridgehead atoms. The van der Waals surface area contributed by atoms with E-state index in [1.165, 1.54) is 44.3 Å². The van der Waals surface area contributed by atoms with Gasteiger partial charge in [0.25, 0.3) is 0 Å². The fraction of sp³-hybridized carbons (Fsp3) is 0.632. The zero-order valence-corrected chi connectivity index (χ0v) is 14.7. The molecule has 0 aromatic heterocycles. The number of quaternary nitrogens is 1. The number of nitrogens with zero attached hydrogens (tertiary/aromatic N) is 1. The molecule has 2 N–H and O–H groups in total. The third kappa shape index (κ3) is 3.53. The highest BCUT2D eigenvalue weighted by Gasteiger charge is 2.40. The minimum atomic E-state index is 0.663. The molecule has 3 aliphatic rings. The molecule has 1 aromatic carbocycles. The molecule has 4 rings (SSSR count). The van der Waals surface area contributed by atoms with E-state index in [0.717, 1.165) is 36.6 Å². The van der Waals surface area contributed by atoms with Gasteiger partial charge in [-0.3, -0.25) is 0 Å². The van der Waals surface area contributed by atoms with Gasteiger partial charge in [0.2, 0.25) is 0 Å². The first-order chi connectivity index (χ1) is 11.3. The van der Waals surface area contributed by atoms with E-state index < -0.39 is 0 Å². The summed E-state index contributed by atoms with van der Waals surface area (Å²) < 4.78 is 0. The zero-order chi connectivity index (χ0) is 15.6. The molecule has 0 amide bonds. The number of benzene rings is 1. The predicted octanol–water partition coefficient (Wildman–Crippen LogP) is 1.45.